The summed E-state index contributed by atoms with van der Waals surface area (Å²) >= 11 is 0. The van der Waals surface area contributed by atoms with Crippen LogP contribution in [0, 0.1) is 5.92 Å². The number of carboxylic acid groups (broad SMARTS) is 1. The van der Waals surface area contributed by atoms with E-state index in [1.807, 2.05) is 19.6 Å². The first-order valence-electron chi connectivity index (χ1n) is 9.57. The lowest BCUT2D eigenvalue weighted by Gasteiger charge is -2.44. The lowest BCUT2D eigenvalue weighted by atomic mass is 10.0. The van der Waals surface area contributed by atoms with Crippen LogP contribution >= 0.6 is 0 Å². The van der Waals surface area contributed by atoms with E-state index in [0.717, 1.165) is 0 Å². The Labute approximate surface area is 186 Å². The number of ether oxygens (including phenoxy) is 1. The summed E-state index contributed by atoms with van der Waals surface area (Å²) in [6.07, 6.45) is -11.2. The molecule has 0 aromatic heterocycles. The zero-order chi connectivity index (χ0) is 25.8. The second-order valence-electron chi connectivity index (χ2n) is 9.10. The number of carbonyl (C=O) groups excluding carboxylic acids is 2. The molecular weight excluding hydrogens is 498 g/mol. The first-order chi connectivity index (χ1) is 14.0. The van der Waals surface area contributed by atoms with Crippen molar-refractivity contribution in [2.24, 2.45) is 5.92 Å². The van der Waals surface area contributed by atoms with Crippen LogP contribution in [0.5, 0.6) is 0 Å². The van der Waals surface area contributed by atoms with E-state index in [9.17, 15) is 41.0 Å². The van der Waals surface area contributed by atoms with Crippen LogP contribution in [0.2, 0.25) is 51.4 Å². The fraction of sp³-hybridized carbons (Fsp3) is 0.765. The molecule has 0 heterocycles. The van der Waals surface area contributed by atoms with Crippen LogP contribution in [0.4, 0.5) is 26.3 Å². The minimum absolute atomic E-state index is 0.331. The van der Waals surface area contributed by atoms with Crippen molar-refractivity contribution in [1.82, 2.24) is 0 Å². The fourth-order valence-electron chi connectivity index (χ4n) is 3.50. The zero-order valence-corrected chi connectivity index (χ0v) is 21.9. The van der Waals surface area contributed by atoms with Crippen LogP contribution in [-0.4, -0.2) is 56.1 Å². The maximum Gasteiger partial charge on any atom is 0.400 e. The number of halogens is 6. The van der Waals surface area contributed by atoms with Crippen molar-refractivity contribution in [1.29, 1.82) is 0 Å². The average molecular weight is 528 g/mol. The van der Waals surface area contributed by atoms with Gasteiger partial charge in [-0.05, 0) is 58.3 Å². The molecule has 1 atom stereocenters. The van der Waals surface area contributed by atoms with Gasteiger partial charge in [0.05, 0.1) is 12.6 Å². The molecule has 0 aromatic rings. The molecule has 6 nitrogen and oxygen atoms in total. The molecule has 188 valence electrons. The Balaban J connectivity index is 5.94. The number of carboxylic acids is 1. The number of carbonyl (C=O) groups is 2. The van der Waals surface area contributed by atoms with Crippen LogP contribution in [0.25, 0.3) is 0 Å². The standard InChI is InChI=1S/C17H30F6O6Si3/c1-30(2,3)28-32(6,7)29-31(4,5)12(15(16(18,19)20)17(21,22)23)10-11-27-14(26)9-8-13(24)25/h8-9,12,15H,10-11H2,1-7H3,(H,24,25)/p-1. The molecule has 15 heteroatoms. The topological polar surface area (TPSA) is 84.9 Å². The van der Waals surface area contributed by atoms with Crippen LogP contribution in [-0.2, 0) is 22.6 Å². The highest BCUT2D eigenvalue weighted by molar-refractivity contribution is 6.88. The molecule has 0 amide bonds. The van der Waals surface area contributed by atoms with Crippen LogP contribution in [0.15, 0.2) is 12.2 Å². The molecule has 0 fully saturated rings. The third kappa shape index (κ3) is 11.6. The maximum atomic E-state index is 13.5. The summed E-state index contributed by atoms with van der Waals surface area (Å²) < 4.78 is 97.7. The molecule has 0 aliphatic heterocycles. The fourth-order valence-corrected chi connectivity index (χ4v) is 17.6. The largest absolute Gasteiger partial charge is 0.545 e. The van der Waals surface area contributed by atoms with Crippen LogP contribution in [0.1, 0.15) is 6.42 Å². The molecule has 0 saturated heterocycles. The molecule has 0 saturated carbocycles. The van der Waals surface area contributed by atoms with Crippen molar-refractivity contribution in [3.8, 4) is 0 Å². The van der Waals surface area contributed by atoms with E-state index in [-0.39, 0.29) is 0 Å². The van der Waals surface area contributed by atoms with Gasteiger partial charge in [-0.2, -0.15) is 26.3 Å². The van der Waals surface area contributed by atoms with E-state index in [2.05, 4.69) is 4.74 Å². The predicted octanol–water partition coefficient (Wildman–Crippen LogP) is 4.11. The third-order valence-electron chi connectivity index (χ3n) is 4.09. The van der Waals surface area contributed by atoms with E-state index in [1.165, 1.54) is 13.1 Å². The van der Waals surface area contributed by atoms with Gasteiger partial charge in [-0.25, -0.2) is 4.79 Å². The van der Waals surface area contributed by atoms with Gasteiger partial charge in [0, 0.05) is 11.6 Å². The summed E-state index contributed by atoms with van der Waals surface area (Å²) in [7, 11) is -9.05. The normalized spacial score (nSPS) is 15.3. The van der Waals surface area contributed by atoms with Crippen molar-refractivity contribution in [2.75, 3.05) is 6.61 Å². The van der Waals surface area contributed by atoms with Crippen molar-refractivity contribution < 1.29 is 54.0 Å². The molecular formula is C17H29F6O6Si3-. The summed E-state index contributed by atoms with van der Waals surface area (Å²) in [5.41, 5.74) is -2.04. The van der Waals surface area contributed by atoms with Crippen LogP contribution < -0.4 is 5.11 Å². The summed E-state index contributed by atoms with van der Waals surface area (Å²) in [6, 6.07) is 0. The molecule has 0 rings (SSSR count). The highest BCUT2D eigenvalue weighted by Crippen LogP contribution is 2.51. The van der Waals surface area contributed by atoms with Gasteiger partial charge < -0.3 is 22.9 Å². The maximum absolute atomic E-state index is 13.5. The molecule has 32 heavy (non-hydrogen) atoms. The Morgan fingerprint density at radius 1 is 0.875 bits per heavy atom. The number of aliphatic carboxylic acids is 1. The number of alkyl halides is 6. The van der Waals surface area contributed by atoms with E-state index >= 15 is 0 Å². The third-order valence-corrected chi connectivity index (χ3v) is 15.0. The minimum Gasteiger partial charge on any atom is -0.545 e. The highest BCUT2D eigenvalue weighted by Gasteiger charge is 2.64. The number of hydrogen-bond donors (Lipinski definition) is 0. The highest BCUT2D eigenvalue weighted by atomic mass is 28.5. The second kappa shape index (κ2) is 10.8. The Hall–Kier alpha value is -1.17. The van der Waals surface area contributed by atoms with Crippen molar-refractivity contribution in [2.45, 2.75) is 70.1 Å². The Bertz CT molecular complexity index is 672. The summed E-state index contributed by atoms with van der Waals surface area (Å²) in [5, 5.41) is 10.3. The zero-order valence-electron chi connectivity index (χ0n) is 18.9. The van der Waals surface area contributed by atoms with Gasteiger partial charge >= 0.3 is 26.9 Å². The second-order valence-corrected chi connectivity index (χ2v) is 21.7. The Morgan fingerprint density at radius 3 is 1.72 bits per heavy atom. The molecule has 0 N–H and O–H groups in total. The number of hydrogen-bond acceptors (Lipinski definition) is 6. The SMILES string of the molecule is C[Si](C)(C)O[Si](C)(C)O[Si](C)(C)C(CCOC(=O)C=CC(=O)[O-])C(C(F)(F)F)C(F)(F)F. The Kier molecular flexibility index (Phi) is 10.4. The van der Waals surface area contributed by atoms with E-state index in [0.29, 0.717) is 12.2 Å². The van der Waals surface area contributed by atoms with Crippen molar-refractivity contribution >= 4 is 37.1 Å². The number of rotatable bonds is 11. The van der Waals surface area contributed by atoms with E-state index in [1.54, 1.807) is 13.1 Å². The summed E-state index contributed by atoms with van der Waals surface area (Å²) in [5.74, 6) is -6.64. The smallest absolute Gasteiger partial charge is 0.400 e. The van der Waals surface area contributed by atoms with Gasteiger partial charge in [-0.15, -0.1) is 0 Å². The minimum atomic E-state index is -5.61. The van der Waals surface area contributed by atoms with Gasteiger partial charge in [0.1, 0.15) is 0 Å². The van der Waals surface area contributed by atoms with Crippen LogP contribution in [0.3, 0.4) is 0 Å². The van der Waals surface area contributed by atoms with Gasteiger partial charge in [-0.3, -0.25) is 0 Å². The van der Waals surface area contributed by atoms with Crippen molar-refractivity contribution in [3.05, 3.63) is 12.2 Å². The van der Waals surface area contributed by atoms with E-state index in [4.69, 9.17) is 8.23 Å². The quantitative estimate of drug-likeness (QED) is 0.174. The average Bonchev–Trinajstić information content (AvgIpc) is 2.45. The first-order valence-corrected chi connectivity index (χ1v) is 18.8. The van der Waals surface area contributed by atoms with Gasteiger partial charge in [0.15, 0.2) is 22.6 Å². The lowest BCUT2D eigenvalue weighted by Crippen LogP contribution is -2.57. The lowest BCUT2D eigenvalue weighted by molar-refractivity contribution is -0.297. The molecule has 0 aliphatic rings. The summed E-state index contributed by atoms with van der Waals surface area (Å²) in [6.45, 7) is 10.3. The van der Waals surface area contributed by atoms with Gasteiger partial charge in [0.2, 0.25) is 0 Å². The van der Waals surface area contributed by atoms with E-state index < -0.39 is 74.0 Å². The molecule has 0 spiro atoms. The predicted molar refractivity (Wildman–Crippen MR) is 110 cm³/mol. The molecule has 0 aromatic carbocycles. The van der Waals surface area contributed by atoms with Gasteiger partial charge in [0.25, 0.3) is 0 Å². The monoisotopic (exact) mass is 527 g/mol. The van der Waals surface area contributed by atoms with Gasteiger partial charge in [-0.1, -0.05) is 0 Å². The number of esters is 1. The molecule has 0 aliphatic carbocycles. The van der Waals surface area contributed by atoms with Crippen molar-refractivity contribution in [3.63, 3.8) is 0 Å². The Morgan fingerprint density at radius 2 is 1.34 bits per heavy atom. The molecule has 0 radical (unpaired) electrons. The first kappa shape index (κ1) is 30.8. The molecule has 0 bridgehead atoms. The molecule has 1 unspecified atom stereocenters. The summed E-state index contributed by atoms with van der Waals surface area (Å²) in [4.78, 5) is 21.7.